The van der Waals surface area contributed by atoms with Gasteiger partial charge in [-0.25, -0.2) is 0 Å². The van der Waals surface area contributed by atoms with Gasteiger partial charge in [0.15, 0.2) is 0 Å². The maximum absolute atomic E-state index is 10.2. The first kappa shape index (κ1) is 17.6. The lowest BCUT2D eigenvalue weighted by Gasteiger charge is -2.11. The van der Waals surface area contributed by atoms with Crippen LogP contribution < -0.4 is 0 Å². The van der Waals surface area contributed by atoms with Crippen LogP contribution in [-0.2, 0) is 6.42 Å². The topological polar surface area (TPSA) is 40.5 Å². The number of aliphatic hydroxyl groups is 1. The third-order valence-electron chi connectivity index (χ3n) is 3.44. The molecule has 1 aliphatic carbocycles. The van der Waals surface area contributed by atoms with Crippen LogP contribution >= 0.6 is 0 Å². The molecule has 0 saturated carbocycles. The van der Waals surface area contributed by atoms with Gasteiger partial charge in [0.2, 0.25) is 0 Å². The van der Waals surface area contributed by atoms with Crippen LogP contribution in [0.5, 0.6) is 5.75 Å². The fraction of sp³-hybridized carbons (Fsp3) is 0.200. The molecule has 0 aromatic heterocycles. The van der Waals surface area contributed by atoms with Crippen LogP contribution in [0.15, 0.2) is 73.6 Å². The maximum Gasteiger partial charge on any atom is 0.123 e. The van der Waals surface area contributed by atoms with E-state index in [2.05, 4.69) is 32.7 Å². The van der Waals surface area contributed by atoms with Crippen LogP contribution in [0.3, 0.4) is 0 Å². The highest BCUT2D eigenvalue weighted by molar-refractivity contribution is 5.82. The lowest BCUT2D eigenvalue weighted by atomic mass is 9.97. The summed E-state index contributed by atoms with van der Waals surface area (Å²) in [6, 6.07) is 5.45. The van der Waals surface area contributed by atoms with Crippen molar-refractivity contribution in [1.82, 2.24) is 0 Å². The zero-order valence-corrected chi connectivity index (χ0v) is 13.2. The summed E-state index contributed by atoms with van der Waals surface area (Å²) in [6.45, 7) is 11.8. The molecule has 2 heteroatoms. The number of rotatable bonds is 4. The summed E-state index contributed by atoms with van der Waals surface area (Å²) < 4.78 is 0. The molecule has 116 valence electrons. The minimum atomic E-state index is 0.182. The highest BCUT2D eigenvalue weighted by atomic mass is 16.3. The fourth-order valence-electron chi connectivity index (χ4n) is 2.30. The summed E-state index contributed by atoms with van der Waals surface area (Å²) >= 11 is 0. The Hall–Kier alpha value is -2.48. The minimum Gasteiger partial charge on any atom is -0.508 e. The molecule has 2 N–H and O–H groups in total. The standard InChI is InChI=1S/C18H20O2.C2H4/c1-3-6-14-9-10-18(20)16(12-14)15-11-13(4-2)7-5-8-17(15)19;1-2/h3,7-12,19-20H,1,4-6H2,2H3;1-2H2. The fourth-order valence-corrected chi connectivity index (χ4v) is 2.30. The predicted molar refractivity (Wildman–Crippen MR) is 94.9 cm³/mol. The van der Waals surface area contributed by atoms with E-state index in [0.29, 0.717) is 17.6 Å². The van der Waals surface area contributed by atoms with Crippen molar-refractivity contribution in [2.24, 2.45) is 0 Å². The van der Waals surface area contributed by atoms with Crippen LogP contribution in [0.2, 0.25) is 0 Å². The molecule has 0 aliphatic heterocycles. The quantitative estimate of drug-likeness (QED) is 0.721. The molecule has 0 radical (unpaired) electrons. The summed E-state index contributed by atoms with van der Waals surface area (Å²) in [4.78, 5) is 0. The van der Waals surface area contributed by atoms with Gasteiger partial charge in [-0.05, 0) is 49.1 Å². The van der Waals surface area contributed by atoms with Gasteiger partial charge < -0.3 is 10.2 Å². The van der Waals surface area contributed by atoms with E-state index >= 15 is 0 Å². The zero-order chi connectivity index (χ0) is 16.5. The normalized spacial score (nSPS) is 13.8. The van der Waals surface area contributed by atoms with Crippen molar-refractivity contribution in [3.05, 3.63) is 84.7 Å². The average Bonchev–Trinajstić information content (AvgIpc) is 2.73. The lowest BCUT2D eigenvalue weighted by Crippen LogP contribution is -1.93. The minimum absolute atomic E-state index is 0.182. The number of hydrogen-bond donors (Lipinski definition) is 2. The molecule has 22 heavy (non-hydrogen) atoms. The van der Waals surface area contributed by atoms with Crippen molar-refractivity contribution >= 4 is 5.57 Å². The summed E-state index contributed by atoms with van der Waals surface area (Å²) in [5.41, 5.74) is 3.57. The first-order valence-corrected chi connectivity index (χ1v) is 7.39. The largest absolute Gasteiger partial charge is 0.508 e. The number of aliphatic hydroxyl groups excluding tert-OH is 1. The SMILES string of the molecule is C=C.C=CCc1ccc(O)c(C2=CC(CC)=CCC=C2O)c1. The Morgan fingerprint density at radius 1 is 1.18 bits per heavy atom. The van der Waals surface area contributed by atoms with E-state index in [4.69, 9.17) is 0 Å². The van der Waals surface area contributed by atoms with Crippen LogP contribution in [-0.4, -0.2) is 10.2 Å². The second kappa shape index (κ2) is 8.73. The van der Waals surface area contributed by atoms with Crippen molar-refractivity contribution < 1.29 is 10.2 Å². The molecule has 0 saturated heterocycles. The third kappa shape index (κ3) is 4.26. The molecule has 1 aliphatic rings. The van der Waals surface area contributed by atoms with Crippen molar-refractivity contribution in [1.29, 1.82) is 0 Å². The van der Waals surface area contributed by atoms with Gasteiger partial charge in [-0.1, -0.05) is 30.7 Å². The molecular weight excluding hydrogens is 272 g/mol. The van der Waals surface area contributed by atoms with Crippen LogP contribution in [0.1, 0.15) is 30.9 Å². The zero-order valence-electron chi connectivity index (χ0n) is 13.2. The van der Waals surface area contributed by atoms with E-state index in [0.717, 1.165) is 24.0 Å². The van der Waals surface area contributed by atoms with E-state index in [9.17, 15) is 10.2 Å². The Labute approximate surface area is 133 Å². The molecule has 0 atom stereocenters. The summed E-state index contributed by atoms with van der Waals surface area (Å²) in [7, 11) is 0. The molecule has 0 spiro atoms. The summed E-state index contributed by atoms with van der Waals surface area (Å²) in [6.07, 6.45) is 9.99. The average molecular weight is 296 g/mol. The Kier molecular flexibility index (Phi) is 6.97. The first-order chi connectivity index (χ1) is 10.7. The van der Waals surface area contributed by atoms with Crippen LogP contribution in [0.4, 0.5) is 0 Å². The van der Waals surface area contributed by atoms with Gasteiger partial charge in [-0.2, -0.15) is 0 Å². The molecule has 0 heterocycles. The second-order valence-electron chi connectivity index (χ2n) is 4.86. The Morgan fingerprint density at radius 2 is 1.91 bits per heavy atom. The summed E-state index contributed by atoms with van der Waals surface area (Å²) in [5, 5.41) is 20.3. The van der Waals surface area contributed by atoms with Gasteiger partial charge in [0, 0.05) is 11.1 Å². The van der Waals surface area contributed by atoms with E-state index in [1.165, 1.54) is 0 Å². The molecule has 0 bridgehead atoms. The van der Waals surface area contributed by atoms with E-state index in [1.54, 1.807) is 12.1 Å². The molecule has 2 nitrogen and oxygen atoms in total. The molecular formula is C20H24O2. The van der Waals surface area contributed by atoms with Gasteiger partial charge in [0.1, 0.15) is 11.5 Å². The van der Waals surface area contributed by atoms with Crippen molar-refractivity contribution in [2.45, 2.75) is 26.2 Å². The third-order valence-corrected chi connectivity index (χ3v) is 3.44. The van der Waals surface area contributed by atoms with Crippen LogP contribution in [0, 0.1) is 0 Å². The monoisotopic (exact) mass is 296 g/mol. The van der Waals surface area contributed by atoms with Gasteiger partial charge in [-0.3, -0.25) is 0 Å². The number of hydrogen-bond acceptors (Lipinski definition) is 2. The molecule has 0 amide bonds. The Balaban J connectivity index is 0.00000116. The van der Waals surface area contributed by atoms with Crippen LogP contribution in [0.25, 0.3) is 5.57 Å². The number of benzene rings is 1. The highest BCUT2D eigenvalue weighted by Gasteiger charge is 2.14. The maximum atomic E-state index is 10.2. The summed E-state index contributed by atoms with van der Waals surface area (Å²) in [5.74, 6) is 0.400. The van der Waals surface area contributed by atoms with Crippen molar-refractivity contribution in [3.63, 3.8) is 0 Å². The highest BCUT2D eigenvalue weighted by Crippen LogP contribution is 2.33. The molecule has 0 unspecified atom stereocenters. The molecule has 0 fully saturated rings. The Morgan fingerprint density at radius 3 is 2.55 bits per heavy atom. The number of allylic oxidation sites excluding steroid dienone is 6. The van der Waals surface area contributed by atoms with E-state index in [1.807, 2.05) is 24.3 Å². The number of phenols is 1. The smallest absolute Gasteiger partial charge is 0.123 e. The second-order valence-corrected chi connectivity index (χ2v) is 4.86. The molecule has 1 aromatic rings. The Bertz CT molecular complexity index is 619. The predicted octanol–water partition coefficient (Wildman–Crippen LogP) is 5.49. The number of aromatic hydroxyl groups is 1. The van der Waals surface area contributed by atoms with Crippen molar-refractivity contribution in [3.8, 4) is 5.75 Å². The molecule has 1 aromatic carbocycles. The van der Waals surface area contributed by atoms with E-state index in [-0.39, 0.29) is 11.5 Å². The van der Waals surface area contributed by atoms with Gasteiger partial charge in [-0.15, -0.1) is 19.7 Å². The molecule has 2 rings (SSSR count). The van der Waals surface area contributed by atoms with Gasteiger partial charge in [0.05, 0.1) is 0 Å². The first-order valence-electron chi connectivity index (χ1n) is 7.39. The van der Waals surface area contributed by atoms with Gasteiger partial charge in [0.25, 0.3) is 0 Å². The van der Waals surface area contributed by atoms with E-state index < -0.39 is 0 Å². The lowest BCUT2D eigenvalue weighted by molar-refractivity contribution is 0.433. The number of phenolic OH excluding ortho intramolecular Hbond substituents is 1. The van der Waals surface area contributed by atoms with Gasteiger partial charge >= 0.3 is 0 Å². The van der Waals surface area contributed by atoms with Crippen molar-refractivity contribution in [2.75, 3.05) is 0 Å².